The Bertz CT molecular complexity index is 720. The number of benzene rings is 2. The number of unbranched alkanes of at least 4 members (excludes halogenated alkanes) is 11. The lowest BCUT2D eigenvalue weighted by molar-refractivity contribution is 0.190. The smallest absolute Gasteiger partial charge is 0.388 e. The second kappa shape index (κ2) is 19.5. The Morgan fingerprint density at radius 1 is 0.514 bits per heavy atom. The second-order valence-electron chi connectivity index (χ2n) is 9.63. The van der Waals surface area contributed by atoms with Crippen LogP contribution < -0.4 is 10.4 Å². The first-order chi connectivity index (χ1) is 17.3. The van der Waals surface area contributed by atoms with Gasteiger partial charge in [0.15, 0.2) is 0 Å². The van der Waals surface area contributed by atoms with E-state index in [0.717, 1.165) is 19.4 Å². The number of hydrogen-bond acceptors (Lipinski definition) is 2. The molecule has 3 heteroatoms. The van der Waals surface area contributed by atoms with Crippen LogP contribution in [0.4, 0.5) is 0 Å². The zero-order chi connectivity index (χ0) is 24.9. The molecule has 2 aromatic carbocycles. The van der Waals surface area contributed by atoms with Crippen LogP contribution in [-0.2, 0) is 8.85 Å². The van der Waals surface area contributed by atoms with Crippen molar-refractivity contribution in [2.24, 2.45) is 0 Å². The molecule has 0 saturated carbocycles. The third kappa shape index (κ3) is 11.7. The Hall–Kier alpha value is -1.68. The first-order valence-electron chi connectivity index (χ1n) is 14.4. The average molecular weight is 495 g/mol. The lowest BCUT2D eigenvalue weighted by atomic mass is 10.1. The summed E-state index contributed by atoms with van der Waals surface area (Å²) in [6.07, 6.45) is 22.6. The molecule has 0 spiro atoms. The van der Waals surface area contributed by atoms with Crippen molar-refractivity contribution in [2.45, 2.75) is 104 Å². The minimum absolute atomic E-state index is 0.693. The van der Waals surface area contributed by atoms with E-state index in [9.17, 15) is 0 Å². The van der Waals surface area contributed by atoms with Crippen LogP contribution >= 0.6 is 0 Å². The van der Waals surface area contributed by atoms with Crippen LogP contribution in [-0.4, -0.2) is 21.8 Å². The molecule has 0 fully saturated rings. The van der Waals surface area contributed by atoms with Crippen molar-refractivity contribution in [3.63, 3.8) is 0 Å². The van der Waals surface area contributed by atoms with E-state index in [2.05, 4.69) is 86.7 Å². The standard InChI is InChI=1S/C32H50O2Si/c1-3-5-7-9-10-11-12-13-14-15-16-24-30-34-35(31-25-19-17-20-26-31,32-27-21-18-22-28-32)33-29-23-8-6-4-2/h15-22,25-28H,3-14,23-24,29-30H2,1-2H3/b16-15+. The molecule has 35 heavy (non-hydrogen) atoms. The van der Waals surface area contributed by atoms with Crippen molar-refractivity contribution in [1.82, 2.24) is 0 Å². The molecule has 0 aliphatic carbocycles. The van der Waals surface area contributed by atoms with Gasteiger partial charge in [-0.25, -0.2) is 0 Å². The van der Waals surface area contributed by atoms with Crippen LogP contribution in [0.5, 0.6) is 0 Å². The SMILES string of the molecule is CCCCCCCCCC/C=C/CCO[Si](OCCCCCC)(c1ccccc1)c1ccccc1. The maximum atomic E-state index is 6.77. The van der Waals surface area contributed by atoms with Crippen LogP contribution in [0, 0.1) is 0 Å². The zero-order valence-corrected chi connectivity index (χ0v) is 23.6. The summed E-state index contributed by atoms with van der Waals surface area (Å²) >= 11 is 0. The van der Waals surface area contributed by atoms with E-state index in [1.807, 2.05) is 0 Å². The van der Waals surface area contributed by atoms with E-state index in [-0.39, 0.29) is 0 Å². The minimum atomic E-state index is -2.74. The van der Waals surface area contributed by atoms with Crippen LogP contribution in [0.3, 0.4) is 0 Å². The normalized spacial score (nSPS) is 11.9. The van der Waals surface area contributed by atoms with Crippen molar-refractivity contribution >= 4 is 18.9 Å². The molecule has 194 valence electrons. The van der Waals surface area contributed by atoms with Crippen molar-refractivity contribution in [3.05, 3.63) is 72.8 Å². The highest BCUT2D eigenvalue weighted by Gasteiger charge is 2.42. The fourth-order valence-corrected chi connectivity index (χ4v) is 7.69. The third-order valence-electron chi connectivity index (χ3n) is 6.59. The van der Waals surface area contributed by atoms with Gasteiger partial charge in [0.25, 0.3) is 0 Å². The molecule has 0 N–H and O–H groups in total. The second-order valence-corrected chi connectivity index (χ2v) is 12.6. The highest BCUT2D eigenvalue weighted by Crippen LogP contribution is 2.14. The molecule has 0 saturated heterocycles. The molecule has 2 rings (SSSR count). The number of rotatable bonds is 21. The molecule has 0 heterocycles. The van der Waals surface area contributed by atoms with E-state index in [1.165, 1.54) is 87.4 Å². The maximum absolute atomic E-state index is 6.77. The summed E-state index contributed by atoms with van der Waals surface area (Å²) in [6.45, 7) is 5.98. The molecule has 0 bridgehead atoms. The van der Waals surface area contributed by atoms with Gasteiger partial charge in [0.1, 0.15) is 0 Å². The predicted octanol–water partition coefficient (Wildman–Crippen LogP) is 8.33. The Morgan fingerprint density at radius 3 is 1.54 bits per heavy atom. The quantitative estimate of drug-likeness (QED) is 0.0986. The van der Waals surface area contributed by atoms with Crippen molar-refractivity contribution in [2.75, 3.05) is 13.2 Å². The zero-order valence-electron chi connectivity index (χ0n) is 22.6. The van der Waals surface area contributed by atoms with Gasteiger partial charge in [0, 0.05) is 13.2 Å². The van der Waals surface area contributed by atoms with Crippen molar-refractivity contribution in [1.29, 1.82) is 0 Å². The largest absolute Gasteiger partial charge is 0.407 e. The summed E-state index contributed by atoms with van der Waals surface area (Å²) in [7, 11) is -2.74. The van der Waals surface area contributed by atoms with E-state index in [1.54, 1.807) is 0 Å². The summed E-state index contributed by atoms with van der Waals surface area (Å²) in [6, 6.07) is 21.3. The van der Waals surface area contributed by atoms with Gasteiger partial charge in [-0.1, -0.05) is 151 Å². The Balaban J connectivity index is 1.88. The first-order valence-corrected chi connectivity index (χ1v) is 16.2. The number of hydrogen-bond donors (Lipinski definition) is 0. The predicted molar refractivity (Wildman–Crippen MR) is 155 cm³/mol. The van der Waals surface area contributed by atoms with Gasteiger partial charge in [0.05, 0.1) is 0 Å². The molecule has 0 aromatic heterocycles. The van der Waals surface area contributed by atoms with Gasteiger partial charge < -0.3 is 8.85 Å². The molecule has 0 aliphatic rings. The van der Waals surface area contributed by atoms with Gasteiger partial charge in [-0.2, -0.15) is 0 Å². The first kappa shape index (κ1) is 29.5. The fraction of sp³-hybridized carbons (Fsp3) is 0.562. The lowest BCUT2D eigenvalue weighted by Gasteiger charge is -2.31. The molecule has 0 atom stereocenters. The lowest BCUT2D eigenvalue weighted by Crippen LogP contribution is -2.63. The highest BCUT2D eigenvalue weighted by atomic mass is 28.4. The van der Waals surface area contributed by atoms with E-state index >= 15 is 0 Å². The molecule has 2 nitrogen and oxygen atoms in total. The van der Waals surface area contributed by atoms with E-state index in [0.29, 0.717) is 6.61 Å². The van der Waals surface area contributed by atoms with Gasteiger partial charge >= 0.3 is 8.56 Å². The summed E-state index contributed by atoms with van der Waals surface area (Å²) in [5.41, 5.74) is 0. The molecule has 0 unspecified atom stereocenters. The van der Waals surface area contributed by atoms with Gasteiger partial charge in [0.2, 0.25) is 0 Å². The minimum Gasteiger partial charge on any atom is -0.388 e. The highest BCUT2D eigenvalue weighted by molar-refractivity contribution is 6.92. The van der Waals surface area contributed by atoms with Crippen molar-refractivity contribution < 1.29 is 8.85 Å². The van der Waals surface area contributed by atoms with E-state index in [4.69, 9.17) is 8.85 Å². The Morgan fingerprint density at radius 2 is 0.971 bits per heavy atom. The van der Waals surface area contributed by atoms with Gasteiger partial charge in [-0.15, -0.1) is 0 Å². The van der Waals surface area contributed by atoms with Crippen LogP contribution in [0.15, 0.2) is 72.8 Å². The monoisotopic (exact) mass is 494 g/mol. The van der Waals surface area contributed by atoms with Crippen molar-refractivity contribution in [3.8, 4) is 0 Å². The van der Waals surface area contributed by atoms with Gasteiger partial charge in [-0.05, 0) is 36.1 Å². The number of allylic oxidation sites excluding steroid dienone is 1. The Kier molecular flexibility index (Phi) is 16.5. The molecular weight excluding hydrogens is 444 g/mol. The van der Waals surface area contributed by atoms with Crippen LogP contribution in [0.1, 0.15) is 104 Å². The van der Waals surface area contributed by atoms with Crippen LogP contribution in [0.25, 0.3) is 0 Å². The topological polar surface area (TPSA) is 18.5 Å². The fourth-order valence-electron chi connectivity index (χ4n) is 4.50. The summed E-state index contributed by atoms with van der Waals surface area (Å²) in [5.74, 6) is 0. The molecule has 2 aromatic rings. The molecule has 0 aliphatic heterocycles. The maximum Gasteiger partial charge on any atom is 0.407 e. The molecule has 0 amide bonds. The summed E-state index contributed by atoms with van der Waals surface area (Å²) in [5, 5.41) is 2.40. The molecule has 0 radical (unpaired) electrons. The third-order valence-corrected chi connectivity index (χ3v) is 10.00. The average Bonchev–Trinajstić information content (AvgIpc) is 2.91. The van der Waals surface area contributed by atoms with Gasteiger partial charge in [-0.3, -0.25) is 0 Å². The van der Waals surface area contributed by atoms with Crippen LogP contribution in [0.2, 0.25) is 0 Å². The van der Waals surface area contributed by atoms with E-state index < -0.39 is 8.56 Å². The molecular formula is C32H50O2Si. The Labute approximate surface area is 217 Å². The summed E-state index contributed by atoms with van der Waals surface area (Å²) < 4.78 is 13.5. The summed E-state index contributed by atoms with van der Waals surface area (Å²) in [4.78, 5) is 0.